The van der Waals surface area contributed by atoms with Crippen LogP contribution in [0.2, 0.25) is 5.02 Å². The number of halogens is 1. The SMILES string of the molecule is Cc1ccccc1CNC(=O)[C@H]1CCN(c2ccc(Cl)cc2)C1=O. The number of nitrogens with zero attached hydrogens (tertiary/aromatic N) is 1. The number of benzene rings is 2. The van der Waals surface area contributed by atoms with Gasteiger partial charge in [0, 0.05) is 23.8 Å². The van der Waals surface area contributed by atoms with E-state index < -0.39 is 5.92 Å². The van der Waals surface area contributed by atoms with Crippen LogP contribution in [-0.2, 0) is 16.1 Å². The van der Waals surface area contributed by atoms with E-state index in [0.717, 1.165) is 16.8 Å². The quantitative estimate of drug-likeness (QED) is 0.866. The summed E-state index contributed by atoms with van der Waals surface area (Å²) in [4.78, 5) is 26.6. The Morgan fingerprint density at radius 2 is 1.92 bits per heavy atom. The van der Waals surface area contributed by atoms with Crippen LogP contribution in [0.4, 0.5) is 5.69 Å². The zero-order chi connectivity index (χ0) is 17.1. The second-order valence-corrected chi connectivity index (χ2v) is 6.39. The van der Waals surface area contributed by atoms with E-state index in [1.807, 2.05) is 31.2 Å². The van der Waals surface area contributed by atoms with Gasteiger partial charge in [0.25, 0.3) is 0 Å². The predicted molar refractivity (Wildman–Crippen MR) is 94.9 cm³/mol. The molecule has 0 bridgehead atoms. The number of hydrogen-bond acceptors (Lipinski definition) is 2. The summed E-state index contributed by atoms with van der Waals surface area (Å²) in [6.45, 7) is 2.99. The number of carbonyl (C=O) groups is 2. The van der Waals surface area contributed by atoms with Crippen LogP contribution in [0.3, 0.4) is 0 Å². The number of anilines is 1. The summed E-state index contributed by atoms with van der Waals surface area (Å²) in [7, 11) is 0. The van der Waals surface area contributed by atoms with Crippen molar-refractivity contribution >= 4 is 29.1 Å². The summed E-state index contributed by atoms with van der Waals surface area (Å²) >= 11 is 5.88. The Balaban J connectivity index is 1.63. The van der Waals surface area contributed by atoms with Gasteiger partial charge in [-0.05, 0) is 48.7 Å². The summed E-state index contributed by atoms with van der Waals surface area (Å²) in [5, 5.41) is 3.51. The molecular weight excluding hydrogens is 324 g/mol. The highest BCUT2D eigenvalue weighted by molar-refractivity contribution is 6.30. The lowest BCUT2D eigenvalue weighted by atomic mass is 10.1. The van der Waals surface area contributed by atoms with E-state index >= 15 is 0 Å². The van der Waals surface area contributed by atoms with Crippen molar-refractivity contribution in [2.75, 3.05) is 11.4 Å². The van der Waals surface area contributed by atoms with Gasteiger partial charge in [0.1, 0.15) is 5.92 Å². The molecule has 0 spiro atoms. The number of rotatable bonds is 4. The fourth-order valence-corrected chi connectivity index (χ4v) is 3.04. The summed E-state index contributed by atoms with van der Waals surface area (Å²) < 4.78 is 0. The minimum atomic E-state index is -0.621. The van der Waals surface area contributed by atoms with Crippen LogP contribution < -0.4 is 10.2 Å². The molecule has 1 heterocycles. The molecule has 1 aliphatic rings. The van der Waals surface area contributed by atoms with E-state index in [1.165, 1.54) is 0 Å². The highest BCUT2D eigenvalue weighted by atomic mass is 35.5. The zero-order valence-corrected chi connectivity index (χ0v) is 14.2. The molecule has 2 amide bonds. The lowest BCUT2D eigenvalue weighted by Crippen LogP contribution is -2.36. The summed E-state index contributed by atoms with van der Waals surface area (Å²) in [6, 6.07) is 15.0. The molecule has 1 fully saturated rings. The number of nitrogens with one attached hydrogen (secondary N) is 1. The number of carbonyl (C=O) groups excluding carboxylic acids is 2. The van der Waals surface area contributed by atoms with Gasteiger partial charge in [0.15, 0.2) is 0 Å². The van der Waals surface area contributed by atoms with E-state index in [-0.39, 0.29) is 11.8 Å². The molecule has 0 aliphatic carbocycles. The molecule has 1 aliphatic heterocycles. The molecule has 1 saturated heterocycles. The van der Waals surface area contributed by atoms with Crippen molar-refractivity contribution in [3.63, 3.8) is 0 Å². The van der Waals surface area contributed by atoms with Crippen molar-refractivity contribution in [2.24, 2.45) is 5.92 Å². The van der Waals surface area contributed by atoms with Gasteiger partial charge in [-0.2, -0.15) is 0 Å². The second kappa shape index (κ2) is 7.05. The number of hydrogen-bond donors (Lipinski definition) is 1. The molecule has 5 heteroatoms. The first kappa shape index (κ1) is 16.5. The third-order valence-corrected chi connectivity index (χ3v) is 4.63. The topological polar surface area (TPSA) is 49.4 Å². The van der Waals surface area contributed by atoms with Crippen molar-refractivity contribution < 1.29 is 9.59 Å². The first-order chi connectivity index (χ1) is 11.6. The molecule has 0 saturated carbocycles. The van der Waals surface area contributed by atoms with Crippen LogP contribution in [0.5, 0.6) is 0 Å². The third-order valence-electron chi connectivity index (χ3n) is 4.37. The Kier molecular flexibility index (Phi) is 4.86. The molecular formula is C19H19ClN2O2. The Morgan fingerprint density at radius 1 is 1.21 bits per heavy atom. The van der Waals surface area contributed by atoms with Gasteiger partial charge in [0.2, 0.25) is 11.8 Å². The first-order valence-electron chi connectivity index (χ1n) is 7.95. The molecule has 4 nitrogen and oxygen atoms in total. The Morgan fingerprint density at radius 3 is 2.62 bits per heavy atom. The second-order valence-electron chi connectivity index (χ2n) is 5.95. The maximum atomic E-state index is 12.5. The van der Waals surface area contributed by atoms with Crippen molar-refractivity contribution in [1.82, 2.24) is 5.32 Å². The zero-order valence-electron chi connectivity index (χ0n) is 13.5. The molecule has 2 aromatic carbocycles. The van der Waals surface area contributed by atoms with Gasteiger partial charge in [-0.1, -0.05) is 35.9 Å². The van der Waals surface area contributed by atoms with Gasteiger partial charge >= 0.3 is 0 Å². The molecule has 0 unspecified atom stereocenters. The van der Waals surface area contributed by atoms with Crippen molar-refractivity contribution in [1.29, 1.82) is 0 Å². The molecule has 1 N–H and O–H groups in total. The van der Waals surface area contributed by atoms with Gasteiger partial charge < -0.3 is 10.2 Å². The number of amides is 2. The van der Waals surface area contributed by atoms with Crippen LogP contribution >= 0.6 is 11.6 Å². The number of aryl methyl sites for hydroxylation is 1. The minimum absolute atomic E-state index is 0.153. The van der Waals surface area contributed by atoms with Crippen LogP contribution in [-0.4, -0.2) is 18.4 Å². The molecule has 0 aromatic heterocycles. The molecule has 24 heavy (non-hydrogen) atoms. The predicted octanol–water partition coefficient (Wildman–Crippen LogP) is 3.32. The van der Waals surface area contributed by atoms with E-state index in [2.05, 4.69) is 5.32 Å². The highest BCUT2D eigenvalue weighted by Gasteiger charge is 2.37. The maximum absolute atomic E-state index is 12.5. The van der Waals surface area contributed by atoms with Crippen LogP contribution in [0.25, 0.3) is 0 Å². The third kappa shape index (κ3) is 3.44. The van der Waals surface area contributed by atoms with E-state index in [9.17, 15) is 9.59 Å². The Labute approximate surface area is 146 Å². The van der Waals surface area contributed by atoms with Gasteiger partial charge in [-0.3, -0.25) is 9.59 Å². The lowest BCUT2D eigenvalue weighted by molar-refractivity contribution is -0.132. The largest absolute Gasteiger partial charge is 0.351 e. The van der Waals surface area contributed by atoms with Gasteiger partial charge in [0.05, 0.1) is 0 Å². The fraction of sp³-hybridized carbons (Fsp3) is 0.263. The standard InChI is InChI=1S/C19H19ClN2O2/c1-13-4-2-3-5-14(13)12-21-18(23)17-10-11-22(19(17)24)16-8-6-15(20)7-9-16/h2-9,17H,10-12H2,1H3,(H,21,23)/t17-/m1/s1. The monoisotopic (exact) mass is 342 g/mol. The normalized spacial score (nSPS) is 17.2. The van der Waals surface area contributed by atoms with Crippen molar-refractivity contribution in [3.8, 4) is 0 Å². The van der Waals surface area contributed by atoms with E-state index in [4.69, 9.17) is 11.6 Å². The molecule has 3 rings (SSSR count). The highest BCUT2D eigenvalue weighted by Crippen LogP contribution is 2.26. The Hall–Kier alpha value is -2.33. The molecule has 124 valence electrons. The van der Waals surface area contributed by atoms with Gasteiger partial charge in [-0.15, -0.1) is 0 Å². The van der Waals surface area contributed by atoms with Crippen LogP contribution in [0.1, 0.15) is 17.5 Å². The van der Waals surface area contributed by atoms with Crippen LogP contribution in [0.15, 0.2) is 48.5 Å². The van der Waals surface area contributed by atoms with Gasteiger partial charge in [-0.25, -0.2) is 0 Å². The van der Waals surface area contributed by atoms with E-state index in [0.29, 0.717) is 24.5 Å². The van der Waals surface area contributed by atoms with Crippen molar-refractivity contribution in [2.45, 2.75) is 19.9 Å². The minimum Gasteiger partial charge on any atom is -0.351 e. The smallest absolute Gasteiger partial charge is 0.239 e. The Bertz CT molecular complexity index is 758. The van der Waals surface area contributed by atoms with Crippen molar-refractivity contribution in [3.05, 3.63) is 64.7 Å². The maximum Gasteiger partial charge on any atom is 0.239 e. The average molecular weight is 343 g/mol. The van der Waals surface area contributed by atoms with E-state index in [1.54, 1.807) is 29.2 Å². The average Bonchev–Trinajstić information content (AvgIpc) is 2.96. The lowest BCUT2D eigenvalue weighted by Gasteiger charge is -2.17. The fourth-order valence-electron chi connectivity index (χ4n) is 2.91. The summed E-state index contributed by atoms with van der Waals surface area (Å²) in [5.74, 6) is -0.982. The first-order valence-corrected chi connectivity index (χ1v) is 8.33. The summed E-state index contributed by atoms with van der Waals surface area (Å²) in [5.41, 5.74) is 2.96. The molecule has 2 aromatic rings. The molecule has 0 radical (unpaired) electrons. The molecule has 1 atom stereocenters. The summed E-state index contributed by atoms with van der Waals surface area (Å²) in [6.07, 6.45) is 0.529. The van der Waals surface area contributed by atoms with Crippen LogP contribution in [0, 0.1) is 12.8 Å².